The molecule has 1 heterocycles. The summed E-state index contributed by atoms with van der Waals surface area (Å²) in [5.41, 5.74) is -0.0508. The second-order valence-electron chi connectivity index (χ2n) is 3.46. The number of hydrogen-bond acceptors (Lipinski definition) is 2. The molecule has 1 aromatic heterocycles. The van der Waals surface area contributed by atoms with Crippen molar-refractivity contribution < 1.29 is 17.6 Å². The molecule has 1 aromatic carbocycles. The van der Waals surface area contributed by atoms with Crippen molar-refractivity contribution in [2.45, 2.75) is 6.54 Å². The zero-order valence-corrected chi connectivity index (χ0v) is 11.1. The second-order valence-corrected chi connectivity index (χ2v) is 5.75. The molecular weight excluding hydrogens is 334 g/mol. The molecule has 0 amide bonds. The number of benzene rings is 1. The van der Waals surface area contributed by atoms with Gasteiger partial charge in [0.15, 0.2) is 23.3 Å². The minimum atomic E-state index is -1.43. The van der Waals surface area contributed by atoms with E-state index in [0.29, 0.717) is 0 Å². The van der Waals surface area contributed by atoms with E-state index >= 15 is 0 Å². The monoisotopic (exact) mass is 339 g/mol. The van der Waals surface area contributed by atoms with Gasteiger partial charge in [0.1, 0.15) is 5.69 Å². The van der Waals surface area contributed by atoms with Crippen molar-refractivity contribution in [2.24, 2.45) is 0 Å². The molecule has 0 fully saturated rings. The number of rotatable bonds is 3. The zero-order chi connectivity index (χ0) is 13.3. The van der Waals surface area contributed by atoms with E-state index in [1.807, 2.05) is 0 Å². The highest BCUT2D eigenvalue weighted by molar-refractivity contribution is 9.11. The molecular formula is C11H6BrF4NS. The topological polar surface area (TPSA) is 12.0 Å². The number of thiophene rings is 1. The summed E-state index contributed by atoms with van der Waals surface area (Å²) in [5, 5.41) is 4.10. The third kappa shape index (κ3) is 2.67. The fourth-order valence-electron chi connectivity index (χ4n) is 1.36. The van der Waals surface area contributed by atoms with E-state index in [1.54, 1.807) is 11.4 Å². The third-order valence-electron chi connectivity index (χ3n) is 2.20. The van der Waals surface area contributed by atoms with Gasteiger partial charge in [0.2, 0.25) is 0 Å². The molecule has 0 aliphatic heterocycles. The van der Waals surface area contributed by atoms with Crippen LogP contribution in [-0.4, -0.2) is 0 Å². The Morgan fingerprint density at radius 2 is 1.67 bits per heavy atom. The maximum Gasteiger partial charge on any atom is 0.185 e. The van der Waals surface area contributed by atoms with Gasteiger partial charge in [-0.25, -0.2) is 17.6 Å². The summed E-state index contributed by atoms with van der Waals surface area (Å²) in [6.07, 6.45) is 0. The molecule has 7 heteroatoms. The van der Waals surface area contributed by atoms with Crippen molar-refractivity contribution in [3.63, 3.8) is 0 Å². The van der Waals surface area contributed by atoms with Gasteiger partial charge in [-0.05, 0) is 32.9 Å². The van der Waals surface area contributed by atoms with Gasteiger partial charge in [-0.1, -0.05) is 0 Å². The van der Waals surface area contributed by atoms with E-state index in [4.69, 9.17) is 0 Å². The largest absolute Gasteiger partial charge is 0.376 e. The SMILES string of the molecule is Fc1cc(F)c(F)c(NCc2csc(Br)c2)c1F. The maximum absolute atomic E-state index is 13.3. The van der Waals surface area contributed by atoms with Crippen LogP contribution in [0.2, 0.25) is 0 Å². The minimum absolute atomic E-state index is 0.0683. The average Bonchev–Trinajstić information content (AvgIpc) is 2.73. The lowest BCUT2D eigenvalue weighted by atomic mass is 10.2. The molecule has 0 atom stereocenters. The smallest absolute Gasteiger partial charge is 0.185 e. The van der Waals surface area contributed by atoms with Gasteiger partial charge in [0.05, 0.1) is 3.79 Å². The van der Waals surface area contributed by atoms with Crippen molar-refractivity contribution in [2.75, 3.05) is 5.32 Å². The number of anilines is 1. The number of hydrogen-bond donors (Lipinski definition) is 1. The van der Waals surface area contributed by atoms with Crippen LogP contribution in [0.1, 0.15) is 5.56 Å². The Hall–Kier alpha value is -1.08. The summed E-state index contributed by atoms with van der Waals surface area (Å²) >= 11 is 4.63. The first-order valence-electron chi connectivity index (χ1n) is 4.79. The minimum Gasteiger partial charge on any atom is -0.376 e. The first kappa shape index (κ1) is 13.4. The Labute approximate surface area is 113 Å². The van der Waals surface area contributed by atoms with Crippen molar-refractivity contribution in [3.05, 3.63) is 50.1 Å². The zero-order valence-electron chi connectivity index (χ0n) is 8.74. The molecule has 1 nitrogen and oxygen atoms in total. The fraction of sp³-hybridized carbons (Fsp3) is 0.0909. The maximum atomic E-state index is 13.3. The highest BCUT2D eigenvalue weighted by Crippen LogP contribution is 2.26. The Morgan fingerprint density at radius 1 is 1.06 bits per heavy atom. The fourth-order valence-corrected chi connectivity index (χ4v) is 2.57. The third-order valence-corrected chi connectivity index (χ3v) is 3.76. The Bertz CT molecular complexity index is 558. The standard InChI is InChI=1S/C11H6BrF4NS/c12-8-1-5(4-18-8)3-17-11-9(15)6(13)2-7(14)10(11)16/h1-2,4,17H,3H2. The predicted octanol–water partition coefficient (Wildman–Crippen LogP) is 4.68. The molecule has 18 heavy (non-hydrogen) atoms. The number of halogens is 5. The molecule has 2 rings (SSSR count). The molecule has 2 aromatic rings. The lowest BCUT2D eigenvalue weighted by Gasteiger charge is -2.09. The van der Waals surface area contributed by atoms with Crippen LogP contribution >= 0.6 is 27.3 Å². The summed E-state index contributed by atoms with van der Waals surface area (Å²) < 4.78 is 53.3. The Kier molecular flexibility index (Phi) is 3.91. The highest BCUT2D eigenvalue weighted by atomic mass is 79.9. The Balaban J connectivity index is 2.24. The summed E-state index contributed by atoms with van der Waals surface area (Å²) in [6, 6.07) is 1.92. The highest BCUT2D eigenvalue weighted by Gasteiger charge is 2.18. The van der Waals surface area contributed by atoms with Crippen molar-refractivity contribution in [1.82, 2.24) is 0 Å². The van der Waals surface area contributed by atoms with Gasteiger partial charge in [-0.15, -0.1) is 11.3 Å². The van der Waals surface area contributed by atoms with E-state index < -0.39 is 29.0 Å². The molecule has 0 radical (unpaired) electrons. The van der Waals surface area contributed by atoms with Crippen LogP contribution in [0.25, 0.3) is 0 Å². The van der Waals surface area contributed by atoms with Crippen LogP contribution in [-0.2, 0) is 6.54 Å². The lowest BCUT2D eigenvalue weighted by Crippen LogP contribution is -2.06. The summed E-state index contributed by atoms with van der Waals surface area (Å²) in [6.45, 7) is 0.0683. The van der Waals surface area contributed by atoms with Crippen LogP contribution in [0.4, 0.5) is 23.2 Å². The van der Waals surface area contributed by atoms with Gasteiger partial charge < -0.3 is 5.32 Å². The normalized spacial score (nSPS) is 10.7. The summed E-state index contributed by atoms with van der Waals surface area (Å²) in [5.74, 6) is -5.71. The van der Waals surface area contributed by atoms with Crippen molar-refractivity contribution in [1.29, 1.82) is 0 Å². The van der Waals surface area contributed by atoms with Crippen LogP contribution in [0.3, 0.4) is 0 Å². The molecule has 1 N–H and O–H groups in total. The quantitative estimate of drug-likeness (QED) is 0.632. The molecule has 0 saturated heterocycles. The Morgan fingerprint density at radius 3 is 2.17 bits per heavy atom. The van der Waals surface area contributed by atoms with Gasteiger partial charge in [-0.2, -0.15) is 0 Å². The molecule has 0 spiro atoms. The predicted molar refractivity (Wildman–Crippen MR) is 65.6 cm³/mol. The van der Waals surface area contributed by atoms with E-state index in [-0.39, 0.29) is 12.6 Å². The van der Waals surface area contributed by atoms with E-state index in [1.165, 1.54) is 11.3 Å². The van der Waals surface area contributed by atoms with Gasteiger partial charge in [0.25, 0.3) is 0 Å². The van der Waals surface area contributed by atoms with Crippen LogP contribution in [0.5, 0.6) is 0 Å². The van der Waals surface area contributed by atoms with Crippen molar-refractivity contribution in [3.8, 4) is 0 Å². The first-order valence-corrected chi connectivity index (χ1v) is 6.46. The molecule has 0 unspecified atom stereocenters. The lowest BCUT2D eigenvalue weighted by molar-refractivity contribution is 0.458. The molecule has 0 saturated carbocycles. The van der Waals surface area contributed by atoms with Crippen molar-refractivity contribution >= 4 is 33.0 Å². The number of nitrogens with one attached hydrogen (secondary N) is 1. The average molecular weight is 340 g/mol. The van der Waals surface area contributed by atoms with E-state index in [2.05, 4.69) is 21.2 Å². The first-order chi connectivity index (χ1) is 8.49. The van der Waals surface area contributed by atoms with Gasteiger partial charge in [0, 0.05) is 12.6 Å². The van der Waals surface area contributed by atoms with Crippen LogP contribution < -0.4 is 5.32 Å². The molecule has 0 aliphatic carbocycles. The summed E-state index contributed by atoms with van der Waals surface area (Å²) in [7, 11) is 0. The van der Waals surface area contributed by atoms with E-state index in [0.717, 1.165) is 9.35 Å². The molecule has 0 bridgehead atoms. The second kappa shape index (κ2) is 5.27. The molecule has 96 valence electrons. The summed E-state index contributed by atoms with van der Waals surface area (Å²) in [4.78, 5) is 0. The van der Waals surface area contributed by atoms with Crippen LogP contribution in [0.15, 0.2) is 21.3 Å². The molecule has 0 aliphatic rings. The van der Waals surface area contributed by atoms with E-state index in [9.17, 15) is 17.6 Å². The van der Waals surface area contributed by atoms with Gasteiger partial charge in [-0.3, -0.25) is 0 Å². The van der Waals surface area contributed by atoms with Crippen LogP contribution in [0, 0.1) is 23.3 Å². The van der Waals surface area contributed by atoms with Gasteiger partial charge >= 0.3 is 0 Å².